The van der Waals surface area contributed by atoms with Gasteiger partial charge in [-0.2, -0.15) is 5.26 Å². The summed E-state index contributed by atoms with van der Waals surface area (Å²) in [5.74, 6) is -0.617. The number of nitriles is 1. The van der Waals surface area contributed by atoms with Gasteiger partial charge in [0, 0.05) is 36.9 Å². The summed E-state index contributed by atoms with van der Waals surface area (Å²) in [4.78, 5) is 36.8. The van der Waals surface area contributed by atoms with Crippen molar-refractivity contribution in [2.75, 3.05) is 18.4 Å². The first kappa shape index (κ1) is 18.5. The van der Waals surface area contributed by atoms with Crippen molar-refractivity contribution in [1.82, 2.24) is 19.9 Å². The van der Waals surface area contributed by atoms with Gasteiger partial charge in [0.15, 0.2) is 5.69 Å². The summed E-state index contributed by atoms with van der Waals surface area (Å²) in [6, 6.07) is 3.77. The minimum atomic E-state index is -0.677. The number of piperidine rings is 1. The lowest BCUT2D eigenvalue weighted by Gasteiger charge is -2.33. The van der Waals surface area contributed by atoms with Crippen LogP contribution in [0, 0.1) is 11.3 Å². The van der Waals surface area contributed by atoms with Crippen molar-refractivity contribution in [3.05, 3.63) is 30.4 Å². The summed E-state index contributed by atoms with van der Waals surface area (Å²) in [5.41, 5.74) is 7.33. The zero-order chi connectivity index (χ0) is 20.4. The molecule has 1 aliphatic heterocycles. The Balaban J connectivity index is 1.67. The van der Waals surface area contributed by atoms with Gasteiger partial charge in [0.1, 0.15) is 18.3 Å². The average Bonchev–Trinajstić information content (AvgIpc) is 3.38. The van der Waals surface area contributed by atoms with Crippen molar-refractivity contribution in [3.8, 4) is 17.5 Å². The Morgan fingerprint density at radius 2 is 2.34 bits per heavy atom. The van der Waals surface area contributed by atoms with Gasteiger partial charge in [-0.1, -0.05) is 0 Å². The zero-order valence-electron chi connectivity index (χ0n) is 15.5. The van der Waals surface area contributed by atoms with Crippen LogP contribution in [0.2, 0.25) is 0 Å². The minimum absolute atomic E-state index is 0.0174. The highest BCUT2D eigenvalue weighted by atomic mass is 16.3. The number of nitrogens with zero attached hydrogens (tertiary/aromatic N) is 4. The second-order valence-electron chi connectivity index (χ2n) is 6.85. The largest absolute Gasteiger partial charge is 0.443 e. The van der Waals surface area contributed by atoms with E-state index >= 15 is 0 Å². The number of pyridine rings is 1. The molecule has 4 N–H and O–H groups in total. The predicted octanol–water partition coefficient (Wildman–Crippen LogP) is 1.63. The molecule has 1 saturated heterocycles. The second kappa shape index (κ2) is 7.63. The van der Waals surface area contributed by atoms with Crippen LogP contribution in [0.5, 0.6) is 0 Å². The van der Waals surface area contributed by atoms with Crippen LogP contribution in [-0.4, -0.2) is 50.8 Å². The average molecular weight is 393 g/mol. The summed E-state index contributed by atoms with van der Waals surface area (Å²) in [6.45, 7) is 1.13. The number of H-pyrrole nitrogens is 1. The molecule has 1 aliphatic rings. The lowest BCUT2D eigenvalue weighted by Crippen LogP contribution is -2.45. The molecule has 10 nitrogen and oxygen atoms in total. The number of rotatable bonds is 5. The molecular formula is C19H19N7O3. The predicted molar refractivity (Wildman–Crippen MR) is 104 cm³/mol. The van der Waals surface area contributed by atoms with E-state index in [1.165, 1.54) is 6.26 Å². The fourth-order valence-corrected chi connectivity index (χ4v) is 3.54. The molecule has 4 heterocycles. The quantitative estimate of drug-likeness (QED) is 0.595. The molecule has 3 aromatic heterocycles. The van der Waals surface area contributed by atoms with Gasteiger partial charge < -0.3 is 25.4 Å². The van der Waals surface area contributed by atoms with Gasteiger partial charge in [0.05, 0.1) is 17.3 Å². The van der Waals surface area contributed by atoms with E-state index in [1.807, 2.05) is 12.1 Å². The van der Waals surface area contributed by atoms with Gasteiger partial charge in [0.25, 0.3) is 5.91 Å². The molecule has 2 amide bonds. The number of hydrogen-bond acceptors (Lipinski definition) is 7. The number of nitrogens with one attached hydrogen (secondary N) is 2. The lowest BCUT2D eigenvalue weighted by molar-refractivity contribution is -0.131. The maximum Gasteiger partial charge on any atom is 0.270 e. The molecular weight excluding hydrogens is 374 g/mol. The molecule has 29 heavy (non-hydrogen) atoms. The zero-order valence-corrected chi connectivity index (χ0v) is 15.5. The highest BCUT2D eigenvalue weighted by Gasteiger charge is 2.26. The maximum atomic E-state index is 12.1. The van der Waals surface area contributed by atoms with Gasteiger partial charge in [-0.05, 0) is 18.9 Å². The summed E-state index contributed by atoms with van der Waals surface area (Å²) in [7, 11) is 0. The monoisotopic (exact) mass is 393 g/mol. The number of fused-ring (bicyclic) bond motifs is 1. The number of nitrogens with two attached hydrogens (primary N) is 1. The number of carbonyl (C=O) groups excluding carboxylic acids is 2. The summed E-state index contributed by atoms with van der Waals surface area (Å²) < 4.78 is 5.46. The van der Waals surface area contributed by atoms with E-state index in [-0.39, 0.29) is 30.0 Å². The van der Waals surface area contributed by atoms with E-state index in [0.29, 0.717) is 24.3 Å². The maximum absolute atomic E-state index is 12.1. The molecule has 0 bridgehead atoms. The number of amides is 2. The van der Waals surface area contributed by atoms with E-state index in [2.05, 4.69) is 20.3 Å². The Kier molecular flexibility index (Phi) is 4.87. The van der Waals surface area contributed by atoms with E-state index < -0.39 is 5.91 Å². The first-order valence-corrected chi connectivity index (χ1v) is 9.20. The van der Waals surface area contributed by atoms with Gasteiger partial charge >= 0.3 is 0 Å². The third-order valence-electron chi connectivity index (χ3n) is 4.93. The molecule has 10 heteroatoms. The molecule has 0 aromatic carbocycles. The minimum Gasteiger partial charge on any atom is -0.443 e. The number of aromatic nitrogens is 3. The van der Waals surface area contributed by atoms with Crippen LogP contribution in [0.4, 0.5) is 5.69 Å². The molecule has 1 atom stereocenters. The van der Waals surface area contributed by atoms with E-state index in [0.717, 1.165) is 23.9 Å². The van der Waals surface area contributed by atoms with Crippen LogP contribution in [0.15, 0.2) is 29.1 Å². The first-order valence-electron chi connectivity index (χ1n) is 9.20. The van der Waals surface area contributed by atoms with E-state index in [9.17, 15) is 9.59 Å². The third kappa shape index (κ3) is 3.62. The molecule has 4 rings (SSSR count). The molecule has 0 saturated carbocycles. The Morgan fingerprint density at radius 1 is 1.48 bits per heavy atom. The second-order valence-corrected chi connectivity index (χ2v) is 6.85. The highest BCUT2D eigenvalue weighted by Crippen LogP contribution is 2.34. The van der Waals surface area contributed by atoms with Gasteiger partial charge in [-0.25, -0.2) is 9.97 Å². The van der Waals surface area contributed by atoms with Crippen LogP contribution >= 0.6 is 0 Å². The number of hydrogen-bond donors (Lipinski definition) is 3. The number of carbonyl (C=O) groups is 2. The van der Waals surface area contributed by atoms with Crippen molar-refractivity contribution in [1.29, 1.82) is 5.26 Å². The summed E-state index contributed by atoms with van der Waals surface area (Å²) in [5, 5.41) is 13.1. The number of likely N-dealkylation sites (tertiary alicyclic amines) is 1. The number of primary amides is 1. The molecule has 148 valence electrons. The first-order chi connectivity index (χ1) is 14.1. The Labute approximate surface area is 165 Å². The van der Waals surface area contributed by atoms with Crippen molar-refractivity contribution < 1.29 is 14.0 Å². The van der Waals surface area contributed by atoms with Crippen LogP contribution in [0.1, 0.15) is 29.8 Å². The van der Waals surface area contributed by atoms with E-state index in [4.69, 9.17) is 15.4 Å². The lowest BCUT2D eigenvalue weighted by atomic mass is 10.0. The topological polar surface area (TPSA) is 154 Å². The molecule has 3 aromatic rings. The van der Waals surface area contributed by atoms with E-state index in [1.54, 1.807) is 17.3 Å². The molecule has 0 spiro atoms. The molecule has 1 unspecified atom stereocenters. The van der Waals surface area contributed by atoms with Crippen LogP contribution in [0.3, 0.4) is 0 Å². The normalized spacial score (nSPS) is 16.5. The smallest absolute Gasteiger partial charge is 0.270 e. The van der Waals surface area contributed by atoms with Crippen LogP contribution in [-0.2, 0) is 4.79 Å². The Bertz CT molecular complexity index is 1110. The van der Waals surface area contributed by atoms with Crippen molar-refractivity contribution in [2.24, 2.45) is 5.73 Å². The van der Waals surface area contributed by atoms with Crippen LogP contribution in [0.25, 0.3) is 22.5 Å². The Hall–Kier alpha value is -3.87. The SMILES string of the molecule is N#CCC(=O)N1CCCC(Nc2c(-c3nc(C(N)=O)co3)cnc3[nH]ccc23)C1. The molecule has 0 aliphatic carbocycles. The fourth-order valence-electron chi connectivity index (χ4n) is 3.54. The van der Waals surface area contributed by atoms with Gasteiger partial charge in [-0.3, -0.25) is 9.59 Å². The highest BCUT2D eigenvalue weighted by molar-refractivity contribution is 5.97. The number of aromatic amines is 1. The van der Waals surface area contributed by atoms with Crippen molar-refractivity contribution in [3.63, 3.8) is 0 Å². The van der Waals surface area contributed by atoms with Crippen molar-refractivity contribution in [2.45, 2.75) is 25.3 Å². The number of anilines is 1. The molecule has 1 fully saturated rings. The summed E-state index contributed by atoms with van der Waals surface area (Å²) in [6.07, 6.45) is 6.17. The van der Waals surface area contributed by atoms with Crippen LogP contribution < -0.4 is 11.1 Å². The Morgan fingerprint density at radius 3 is 3.10 bits per heavy atom. The standard InChI is InChI=1S/C19H19N7O3/c20-5-3-15(27)26-7-1-2-11(9-26)24-16-12-4-6-22-18(12)23-8-13(16)19-25-14(10-29-19)17(21)28/h4,6,8,10-11H,1-3,7,9H2,(H2,21,28)(H2,22,23,24). The number of oxazole rings is 1. The molecule has 0 radical (unpaired) electrons. The fraction of sp³-hybridized carbons (Fsp3) is 0.316. The van der Waals surface area contributed by atoms with Crippen molar-refractivity contribution >= 4 is 28.5 Å². The van der Waals surface area contributed by atoms with Gasteiger partial charge in [0.2, 0.25) is 11.8 Å². The third-order valence-corrected chi connectivity index (χ3v) is 4.93. The summed E-state index contributed by atoms with van der Waals surface area (Å²) >= 11 is 0. The van der Waals surface area contributed by atoms with Gasteiger partial charge in [-0.15, -0.1) is 0 Å².